The highest BCUT2D eigenvalue weighted by Crippen LogP contribution is 2.30. The van der Waals surface area contributed by atoms with Gasteiger partial charge in [-0.05, 0) is 76.2 Å². The lowest BCUT2D eigenvalue weighted by atomic mass is 9.93. The summed E-state index contributed by atoms with van der Waals surface area (Å²) in [5.41, 5.74) is 5.70. The van der Waals surface area contributed by atoms with E-state index >= 15 is 4.39 Å². The topological polar surface area (TPSA) is 59.2 Å². The third-order valence-corrected chi connectivity index (χ3v) is 6.11. The van der Waals surface area contributed by atoms with Gasteiger partial charge in [-0.15, -0.1) is 24.8 Å². The van der Waals surface area contributed by atoms with E-state index in [1.807, 2.05) is 31.3 Å². The summed E-state index contributed by atoms with van der Waals surface area (Å²) in [5, 5.41) is 14.0. The van der Waals surface area contributed by atoms with E-state index in [4.69, 9.17) is 0 Å². The van der Waals surface area contributed by atoms with Crippen LogP contribution in [0.25, 0.3) is 27.8 Å². The number of rotatable bonds is 3. The molecular formula is C23H27Cl2FN6. The molecule has 0 radical (unpaired) electrons. The lowest BCUT2D eigenvalue weighted by Gasteiger charge is -2.28. The van der Waals surface area contributed by atoms with E-state index in [1.54, 1.807) is 10.6 Å². The third kappa shape index (κ3) is 4.42. The highest BCUT2D eigenvalue weighted by Gasteiger charge is 2.21. The van der Waals surface area contributed by atoms with Crippen molar-refractivity contribution in [2.75, 3.05) is 20.1 Å². The number of benzene rings is 1. The van der Waals surface area contributed by atoms with Crippen molar-refractivity contribution in [1.82, 2.24) is 29.7 Å². The molecule has 0 aliphatic carbocycles. The number of imidazole rings is 1. The van der Waals surface area contributed by atoms with Crippen molar-refractivity contribution >= 4 is 41.4 Å². The van der Waals surface area contributed by atoms with Crippen LogP contribution in [-0.2, 0) is 6.42 Å². The van der Waals surface area contributed by atoms with Crippen molar-refractivity contribution in [3.8, 4) is 11.3 Å². The Hall–Kier alpha value is -2.35. The Bertz CT molecular complexity index is 1250. The molecule has 4 aromatic rings. The maximum atomic E-state index is 15.1. The Morgan fingerprint density at radius 1 is 1.06 bits per heavy atom. The molecule has 6 nitrogen and oxygen atoms in total. The van der Waals surface area contributed by atoms with E-state index in [-0.39, 0.29) is 30.6 Å². The molecule has 9 heteroatoms. The van der Waals surface area contributed by atoms with Crippen LogP contribution >= 0.6 is 24.8 Å². The zero-order valence-corrected chi connectivity index (χ0v) is 20.0. The standard InChI is InChI=1S/C23H25FN6.2ClH/c1-4-15-10-21(28-30-13-14(2)25-23(15)30)17-9-19(24)18-12-20(26-27-22(18)11-17)16-5-7-29(3)8-6-16;;/h9-13,16H,4-8H2,1-3H3;2*1H. The highest BCUT2D eigenvalue weighted by molar-refractivity contribution is 5.86. The summed E-state index contributed by atoms with van der Waals surface area (Å²) in [4.78, 5) is 6.86. The first kappa shape index (κ1) is 24.3. The van der Waals surface area contributed by atoms with Gasteiger partial charge in [-0.2, -0.15) is 15.3 Å². The minimum atomic E-state index is -0.284. The predicted molar refractivity (Wildman–Crippen MR) is 130 cm³/mol. The third-order valence-electron chi connectivity index (χ3n) is 6.11. The van der Waals surface area contributed by atoms with Crippen LogP contribution in [0.4, 0.5) is 4.39 Å². The maximum Gasteiger partial charge on any atom is 0.156 e. The van der Waals surface area contributed by atoms with Crippen LogP contribution in [0.1, 0.15) is 42.6 Å². The second-order valence-electron chi connectivity index (χ2n) is 8.30. The second kappa shape index (κ2) is 9.65. The first-order valence-corrected chi connectivity index (χ1v) is 10.5. The predicted octanol–water partition coefficient (Wildman–Crippen LogP) is 5.00. The number of aryl methyl sites for hydroxylation is 2. The first-order chi connectivity index (χ1) is 14.5. The van der Waals surface area contributed by atoms with Crippen LogP contribution in [-0.4, -0.2) is 49.8 Å². The molecule has 3 aromatic heterocycles. The molecule has 1 aliphatic heterocycles. The molecular weight excluding hydrogens is 450 g/mol. The van der Waals surface area contributed by atoms with Gasteiger partial charge < -0.3 is 4.90 Å². The fourth-order valence-electron chi connectivity index (χ4n) is 4.33. The number of hydrogen-bond donors (Lipinski definition) is 0. The van der Waals surface area contributed by atoms with Gasteiger partial charge in [0.25, 0.3) is 0 Å². The fraction of sp³-hybridized carbons (Fsp3) is 0.391. The van der Waals surface area contributed by atoms with Crippen molar-refractivity contribution in [2.24, 2.45) is 0 Å². The van der Waals surface area contributed by atoms with E-state index in [0.29, 0.717) is 28.1 Å². The van der Waals surface area contributed by atoms with E-state index in [9.17, 15) is 0 Å². The Kier molecular flexibility index (Phi) is 7.32. The molecule has 1 aromatic carbocycles. The summed E-state index contributed by atoms with van der Waals surface area (Å²) in [6.45, 7) is 6.10. The maximum absolute atomic E-state index is 15.1. The van der Waals surface area contributed by atoms with Gasteiger partial charge in [-0.25, -0.2) is 13.9 Å². The van der Waals surface area contributed by atoms with Gasteiger partial charge in [-0.3, -0.25) is 0 Å². The zero-order chi connectivity index (χ0) is 20.8. The molecule has 170 valence electrons. The smallest absolute Gasteiger partial charge is 0.156 e. The Morgan fingerprint density at radius 3 is 2.53 bits per heavy atom. The second-order valence-corrected chi connectivity index (χ2v) is 8.30. The van der Waals surface area contributed by atoms with Crippen LogP contribution in [0.2, 0.25) is 0 Å². The van der Waals surface area contributed by atoms with Crippen molar-refractivity contribution < 1.29 is 4.39 Å². The quantitative estimate of drug-likeness (QED) is 0.416. The SMILES string of the molecule is CCc1cc(-c2cc(F)c3cc(C4CCN(C)CC4)nnc3c2)nn2cc(C)nc12.Cl.Cl. The molecule has 4 heterocycles. The number of aromatic nitrogens is 5. The minimum Gasteiger partial charge on any atom is -0.306 e. The van der Waals surface area contributed by atoms with Crippen molar-refractivity contribution in [3.63, 3.8) is 0 Å². The highest BCUT2D eigenvalue weighted by atomic mass is 35.5. The molecule has 5 rings (SSSR count). The van der Waals surface area contributed by atoms with Gasteiger partial charge in [0, 0.05) is 16.9 Å². The molecule has 0 saturated carbocycles. The van der Waals surface area contributed by atoms with E-state index in [1.165, 1.54) is 0 Å². The molecule has 0 N–H and O–H groups in total. The van der Waals surface area contributed by atoms with Gasteiger partial charge in [0.1, 0.15) is 5.82 Å². The van der Waals surface area contributed by atoms with Crippen molar-refractivity contribution in [3.05, 3.63) is 53.2 Å². The lowest BCUT2D eigenvalue weighted by molar-refractivity contribution is 0.253. The Labute approximate surface area is 199 Å². The zero-order valence-electron chi connectivity index (χ0n) is 18.4. The van der Waals surface area contributed by atoms with Gasteiger partial charge in [0.05, 0.1) is 28.8 Å². The molecule has 1 aliphatic rings. The monoisotopic (exact) mass is 476 g/mol. The number of hydrogen-bond acceptors (Lipinski definition) is 5. The molecule has 0 spiro atoms. The molecule has 1 saturated heterocycles. The summed E-state index contributed by atoms with van der Waals surface area (Å²) in [6.07, 6.45) is 4.78. The largest absolute Gasteiger partial charge is 0.306 e. The lowest BCUT2D eigenvalue weighted by Crippen LogP contribution is -2.29. The summed E-state index contributed by atoms with van der Waals surface area (Å²) >= 11 is 0. The number of piperidine rings is 1. The van der Waals surface area contributed by atoms with Crippen LogP contribution in [0.15, 0.2) is 30.5 Å². The van der Waals surface area contributed by atoms with Crippen LogP contribution in [0.3, 0.4) is 0 Å². The molecule has 32 heavy (non-hydrogen) atoms. The van der Waals surface area contributed by atoms with E-state index in [2.05, 4.69) is 39.2 Å². The summed E-state index contributed by atoms with van der Waals surface area (Å²) in [6, 6.07) is 7.30. The average Bonchev–Trinajstić information content (AvgIpc) is 3.13. The molecule has 1 fully saturated rings. The van der Waals surface area contributed by atoms with Crippen molar-refractivity contribution in [2.45, 2.75) is 39.0 Å². The molecule has 0 bridgehead atoms. The van der Waals surface area contributed by atoms with Gasteiger partial charge in [0.15, 0.2) is 5.65 Å². The summed E-state index contributed by atoms with van der Waals surface area (Å²) in [7, 11) is 2.13. The Morgan fingerprint density at radius 2 is 1.81 bits per heavy atom. The number of likely N-dealkylation sites (tertiary alicyclic amines) is 1. The molecule has 0 amide bonds. The van der Waals surface area contributed by atoms with Crippen LogP contribution < -0.4 is 0 Å². The Balaban J connectivity index is 0.00000144. The van der Waals surface area contributed by atoms with Gasteiger partial charge in [-0.1, -0.05) is 6.92 Å². The van der Waals surface area contributed by atoms with Crippen LogP contribution in [0.5, 0.6) is 0 Å². The van der Waals surface area contributed by atoms with Gasteiger partial charge >= 0.3 is 0 Å². The molecule has 0 unspecified atom stereocenters. The van der Waals surface area contributed by atoms with E-state index < -0.39 is 0 Å². The summed E-state index contributed by atoms with van der Waals surface area (Å²) < 4.78 is 16.9. The average molecular weight is 477 g/mol. The van der Waals surface area contributed by atoms with Crippen molar-refractivity contribution in [1.29, 1.82) is 0 Å². The first-order valence-electron chi connectivity index (χ1n) is 10.5. The number of fused-ring (bicyclic) bond motifs is 2. The summed E-state index contributed by atoms with van der Waals surface area (Å²) in [5.74, 6) is 0.0613. The number of halogens is 3. The normalized spacial score (nSPS) is 15.0. The van der Waals surface area contributed by atoms with E-state index in [0.717, 1.165) is 55.0 Å². The van der Waals surface area contributed by atoms with Crippen LogP contribution in [0, 0.1) is 12.7 Å². The minimum absolute atomic E-state index is 0. The fourth-order valence-corrected chi connectivity index (χ4v) is 4.33. The van der Waals surface area contributed by atoms with Gasteiger partial charge in [0.2, 0.25) is 0 Å². The number of nitrogens with zero attached hydrogens (tertiary/aromatic N) is 6. The molecule has 0 atom stereocenters.